The molecule has 100 valence electrons. The van der Waals surface area contributed by atoms with Crippen LogP contribution in [0, 0.1) is 6.92 Å². The highest BCUT2D eigenvalue weighted by Crippen LogP contribution is 2.50. The van der Waals surface area contributed by atoms with E-state index in [1.165, 1.54) is 0 Å². The van der Waals surface area contributed by atoms with Gasteiger partial charge in [-0.05, 0) is 31.4 Å². The van der Waals surface area contributed by atoms with E-state index in [0.717, 1.165) is 54.5 Å². The molecule has 0 spiro atoms. The highest BCUT2D eigenvalue weighted by atomic mass is 16.5. The molecule has 1 aliphatic heterocycles. The van der Waals surface area contributed by atoms with Crippen molar-refractivity contribution in [1.82, 2.24) is 0 Å². The first-order valence-electron chi connectivity index (χ1n) is 6.76. The zero-order valence-electron chi connectivity index (χ0n) is 11.0. The third-order valence-corrected chi connectivity index (χ3v) is 4.32. The number of phenolic OH excluding ortho intramolecular Hbond substituents is 1. The van der Waals surface area contributed by atoms with Crippen LogP contribution in [0.5, 0.6) is 11.5 Å². The topological polar surface area (TPSA) is 58.9 Å². The third kappa shape index (κ3) is 1.75. The van der Waals surface area contributed by atoms with Crippen LogP contribution in [-0.4, -0.2) is 17.8 Å². The molecule has 1 heterocycles. The Labute approximate surface area is 112 Å². The SMILES string of the molecule is Cc1cc2c(c(C3(N=C=O)CCCC3)c1O)CCO2. The number of nitrogens with zero attached hydrogens (tertiary/aromatic N) is 1. The predicted molar refractivity (Wildman–Crippen MR) is 70.3 cm³/mol. The first kappa shape index (κ1) is 12.2. The number of fused-ring (bicyclic) bond motifs is 1. The van der Waals surface area contributed by atoms with Gasteiger partial charge in [0.2, 0.25) is 6.08 Å². The molecule has 4 nitrogen and oxygen atoms in total. The van der Waals surface area contributed by atoms with Gasteiger partial charge in [-0.3, -0.25) is 0 Å². The van der Waals surface area contributed by atoms with E-state index in [-0.39, 0.29) is 5.75 Å². The Hall–Kier alpha value is -1.80. The van der Waals surface area contributed by atoms with Crippen LogP contribution in [0.1, 0.15) is 42.4 Å². The number of aromatic hydroxyl groups is 1. The lowest BCUT2D eigenvalue weighted by Gasteiger charge is -2.27. The number of ether oxygens (including phenoxy) is 1. The molecule has 0 bridgehead atoms. The van der Waals surface area contributed by atoms with Gasteiger partial charge in [0.25, 0.3) is 0 Å². The van der Waals surface area contributed by atoms with Gasteiger partial charge >= 0.3 is 0 Å². The van der Waals surface area contributed by atoms with Gasteiger partial charge in [0.15, 0.2) is 0 Å². The number of isocyanates is 1. The number of rotatable bonds is 2. The lowest BCUT2D eigenvalue weighted by atomic mass is 9.82. The lowest BCUT2D eigenvalue weighted by Crippen LogP contribution is -2.21. The van der Waals surface area contributed by atoms with E-state index in [1.54, 1.807) is 6.08 Å². The number of aryl methyl sites for hydroxylation is 1. The molecule has 0 aromatic heterocycles. The number of phenols is 1. The van der Waals surface area contributed by atoms with Crippen molar-refractivity contribution >= 4 is 6.08 Å². The summed E-state index contributed by atoms with van der Waals surface area (Å²) in [6.45, 7) is 2.49. The Morgan fingerprint density at radius 1 is 1.42 bits per heavy atom. The molecule has 1 aromatic carbocycles. The van der Waals surface area contributed by atoms with E-state index in [1.807, 2.05) is 13.0 Å². The maximum absolute atomic E-state index is 10.8. The van der Waals surface area contributed by atoms with E-state index in [9.17, 15) is 9.90 Å². The maximum Gasteiger partial charge on any atom is 0.235 e. The number of aliphatic imine (C=N–C) groups is 1. The monoisotopic (exact) mass is 259 g/mol. The molecule has 0 saturated heterocycles. The minimum atomic E-state index is -0.588. The zero-order chi connectivity index (χ0) is 13.5. The van der Waals surface area contributed by atoms with Gasteiger partial charge in [-0.25, -0.2) is 4.79 Å². The van der Waals surface area contributed by atoms with Crippen LogP contribution in [0.25, 0.3) is 0 Å². The molecule has 1 fully saturated rings. The van der Waals surface area contributed by atoms with Crippen LogP contribution in [0.4, 0.5) is 0 Å². The summed E-state index contributed by atoms with van der Waals surface area (Å²) in [7, 11) is 0. The van der Waals surface area contributed by atoms with Gasteiger partial charge in [-0.1, -0.05) is 12.8 Å². The van der Waals surface area contributed by atoms with Crippen molar-refractivity contribution in [3.63, 3.8) is 0 Å². The summed E-state index contributed by atoms with van der Waals surface area (Å²) in [5.41, 5.74) is 2.02. The highest BCUT2D eigenvalue weighted by molar-refractivity contribution is 5.58. The van der Waals surface area contributed by atoms with Crippen molar-refractivity contribution in [1.29, 1.82) is 0 Å². The molecule has 4 heteroatoms. The Morgan fingerprint density at radius 3 is 2.84 bits per heavy atom. The molecule has 0 amide bonds. The summed E-state index contributed by atoms with van der Waals surface area (Å²) in [4.78, 5) is 14.9. The van der Waals surface area contributed by atoms with Gasteiger partial charge in [-0.15, -0.1) is 0 Å². The van der Waals surface area contributed by atoms with Crippen LogP contribution >= 0.6 is 0 Å². The first-order valence-corrected chi connectivity index (χ1v) is 6.76. The molecule has 3 rings (SSSR count). The minimum absolute atomic E-state index is 0.269. The van der Waals surface area contributed by atoms with Crippen molar-refractivity contribution in [2.45, 2.75) is 44.6 Å². The maximum atomic E-state index is 10.8. The average molecular weight is 259 g/mol. The Morgan fingerprint density at radius 2 is 2.16 bits per heavy atom. The van der Waals surface area contributed by atoms with E-state index in [4.69, 9.17) is 4.74 Å². The van der Waals surface area contributed by atoms with Gasteiger partial charge < -0.3 is 9.84 Å². The fraction of sp³-hybridized carbons (Fsp3) is 0.533. The lowest BCUT2D eigenvalue weighted by molar-refractivity contribution is 0.356. The molecule has 19 heavy (non-hydrogen) atoms. The fourth-order valence-electron chi connectivity index (χ4n) is 3.42. The zero-order valence-corrected chi connectivity index (χ0v) is 11.0. The van der Waals surface area contributed by atoms with Gasteiger partial charge in [0.1, 0.15) is 17.0 Å². The number of hydrogen-bond acceptors (Lipinski definition) is 4. The summed E-state index contributed by atoms with van der Waals surface area (Å²) >= 11 is 0. The average Bonchev–Trinajstić information content (AvgIpc) is 3.01. The summed E-state index contributed by atoms with van der Waals surface area (Å²) in [5, 5.41) is 10.5. The first-order chi connectivity index (χ1) is 9.18. The summed E-state index contributed by atoms with van der Waals surface area (Å²) < 4.78 is 5.61. The normalized spacial score (nSPS) is 19.6. The third-order valence-electron chi connectivity index (χ3n) is 4.32. The molecule has 0 unspecified atom stereocenters. The van der Waals surface area contributed by atoms with Crippen LogP contribution < -0.4 is 4.74 Å². The van der Waals surface area contributed by atoms with Crippen LogP contribution in [0.3, 0.4) is 0 Å². The second-order valence-electron chi connectivity index (χ2n) is 5.43. The smallest absolute Gasteiger partial charge is 0.235 e. The molecule has 1 aliphatic carbocycles. The van der Waals surface area contributed by atoms with Crippen molar-refractivity contribution in [2.24, 2.45) is 4.99 Å². The van der Waals surface area contributed by atoms with Gasteiger partial charge in [-0.2, -0.15) is 4.99 Å². The second-order valence-corrected chi connectivity index (χ2v) is 5.43. The fourth-order valence-corrected chi connectivity index (χ4v) is 3.42. The van der Waals surface area contributed by atoms with Gasteiger partial charge in [0, 0.05) is 17.5 Å². The van der Waals surface area contributed by atoms with Crippen LogP contribution in [0.15, 0.2) is 11.1 Å². The Kier molecular flexibility index (Phi) is 2.83. The summed E-state index contributed by atoms with van der Waals surface area (Å²) in [6, 6.07) is 1.87. The van der Waals surface area contributed by atoms with Crippen molar-refractivity contribution in [2.75, 3.05) is 6.61 Å². The van der Waals surface area contributed by atoms with E-state index in [2.05, 4.69) is 4.99 Å². The summed E-state index contributed by atoms with van der Waals surface area (Å²) in [5.74, 6) is 1.10. The minimum Gasteiger partial charge on any atom is -0.507 e. The molecule has 1 N–H and O–H groups in total. The molecule has 1 saturated carbocycles. The second kappa shape index (κ2) is 4.39. The van der Waals surface area contributed by atoms with Gasteiger partial charge in [0.05, 0.1) is 6.61 Å². The number of benzene rings is 1. The number of carbonyl (C=O) groups excluding carboxylic acids is 1. The largest absolute Gasteiger partial charge is 0.507 e. The van der Waals surface area contributed by atoms with Crippen molar-refractivity contribution in [3.8, 4) is 11.5 Å². The molecule has 0 atom stereocenters. The number of hydrogen-bond donors (Lipinski definition) is 1. The van der Waals surface area contributed by atoms with E-state index < -0.39 is 5.54 Å². The molecular weight excluding hydrogens is 242 g/mol. The molecular formula is C15H17NO3. The highest BCUT2D eigenvalue weighted by Gasteiger charge is 2.41. The molecule has 2 aliphatic rings. The Balaban J connectivity index is 2.26. The van der Waals surface area contributed by atoms with Crippen LogP contribution in [-0.2, 0) is 16.8 Å². The molecule has 0 radical (unpaired) electrons. The van der Waals surface area contributed by atoms with Crippen molar-refractivity contribution < 1.29 is 14.6 Å². The van der Waals surface area contributed by atoms with Crippen LogP contribution in [0.2, 0.25) is 0 Å². The van der Waals surface area contributed by atoms with Crippen molar-refractivity contribution in [3.05, 3.63) is 22.8 Å². The predicted octanol–water partition coefficient (Wildman–Crippen LogP) is 2.74. The van der Waals surface area contributed by atoms with E-state index >= 15 is 0 Å². The Bertz CT molecular complexity index is 567. The summed E-state index contributed by atoms with van der Waals surface area (Å²) in [6.07, 6.45) is 6.12. The molecule has 1 aromatic rings. The standard InChI is InChI=1S/C15H17NO3/c1-10-8-12-11(4-7-19-12)13(14(10)18)15(16-9-17)5-2-3-6-15/h8,18H,2-7H2,1H3. The van der Waals surface area contributed by atoms with E-state index in [0.29, 0.717) is 6.61 Å². The quantitative estimate of drug-likeness (QED) is 0.656.